The molecule has 19 heavy (non-hydrogen) atoms. The Morgan fingerprint density at radius 2 is 2.05 bits per heavy atom. The molecule has 2 amide bonds. The first-order chi connectivity index (χ1) is 9.06. The Morgan fingerprint density at radius 3 is 2.63 bits per heavy atom. The van der Waals surface area contributed by atoms with E-state index in [0.717, 1.165) is 16.2 Å². The standard InChI is InChI=1S/C11H10N2O5S/c14-8(15)3-5-4-19-11(12-5)13-9(16)6-1-2-7(18-6)10(13)17/h4,6-7H,1-3H2,(H,14,15). The molecule has 2 fully saturated rings. The van der Waals surface area contributed by atoms with Crippen LogP contribution in [0.2, 0.25) is 0 Å². The van der Waals surface area contributed by atoms with Gasteiger partial charge in [-0.25, -0.2) is 9.88 Å². The molecule has 1 aromatic rings. The van der Waals surface area contributed by atoms with Crippen LogP contribution in [0.3, 0.4) is 0 Å². The number of ether oxygens (including phenoxy) is 1. The van der Waals surface area contributed by atoms with Crippen molar-refractivity contribution in [2.75, 3.05) is 4.90 Å². The third-order valence-electron chi connectivity index (χ3n) is 3.07. The minimum absolute atomic E-state index is 0.226. The van der Waals surface area contributed by atoms with E-state index in [-0.39, 0.29) is 11.6 Å². The number of fused-ring (bicyclic) bond motifs is 2. The monoisotopic (exact) mass is 282 g/mol. The maximum atomic E-state index is 12.1. The predicted octanol–water partition coefficient (Wildman–Crippen LogP) is 0.191. The number of carbonyl (C=O) groups excluding carboxylic acids is 2. The zero-order valence-corrected chi connectivity index (χ0v) is 10.6. The van der Waals surface area contributed by atoms with Crippen LogP contribution in [0.15, 0.2) is 5.38 Å². The number of hydrogen-bond donors (Lipinski definition) is 1. The minimum atomic E-state index is -1.00. The van der Waals surface area contributed by atoms with E-state index >= 15 is 0 Å². The topological polar surface area (TPSA) is 96.8 Å². The summed E-state index contributed by atoms with van der Waals surface area (Å²) in [5.74, 6) is -1.82. The van der Waals surface area contributed by atoms with E-state index in [1.165, 1.54) is 0 Å². The Morgan fingerprint density at radius 1 is 1.42 bits per heavy atom. The molecule has 2 aliphatic heterocycles. The number of carbonyl (C=O) groups is 3. The number of rotatable bonds is 3. The fraction of sp³-hybridized carbons (Fsp3) is 0.455. The summed E-state index contributed by atoms with van der Waals surface area (Å²) in [5, 5.41) is 10.5. The van der Waals surface area contributed by atoms with Crippen molar-refractivity contribution in [3.05, 3.63) is 11.1 Å². The van der Waals surface area contributed by atoms with E-state index < -0.39 is 30.0 Å². The Kier molecular flexibility index (Phi) is 2.83. The Labute approximate surface area is 111 Å². The average Bonchev–Trinajstić information content (AvgIpc) is 2.94. The molecule has 3 heterocycles. The fourth-order valence-electron chi connectivity index (χ4n) is 2.22. The normalized spacial score (nSPS) is 26.0. The molecule has 2 unspecified atom stereocenters. The molecular weight excluding hydrogens is 272 g/mol. The average molecular weight is 282 g/mol. The largest absolute Gasteiger partial charge is 0.481 e. The van der Waals surface area contributed by atoms with E-state index in [4.69, 9.17) is 9.84 Å². The molecule has 7 nitrogen and oxygen atoms in total. The number of morpholine rings is 1. The highest BCUT2D eigenvalue weighted by molar-refractivity contribution is 7.14. The van der Waals surface area contributed by atoms with Crippen molar-refractivity contribution in [2.45, 2.75) is 31.5 Å². The molecule has 3 rings (SSSR count). The minimum Gasteiger partial charge on any atom is -0.481 e. The SMILES string of the molecule is O=C(O)Cc1csc(N2C(=O)C3CCC(O3)C2=O)n1. The first-order valence-corrected chi connectivity index (χ1v) is 6.63. The molecule has 2 bridgehead atoms. The van der Waals surface area contributed by atoms with Crippen molar-refractivity contribution >= 4 is 34.3 Å². The highest BCUT2D eigenvalue weighted by Gasteiger charge is 2.48. The van der Waals surface area contributed by atoms with Crippen LogP contribution in [0.1, 0.15) is 18.5 Å². The van der Waals surface area contributed by atoms with Gasteiger partial charge in [-0.05, 0) is 12.8 Å². The van der Waals surface area contributed by atoms with Gasteiger partial charge in [-0.15, -0.1) is 11.3 Å². The lowest BCUT2D eigenvalue weighted by Crippen LogP contribution is -2.52. The van der Waals surface area contributed by atoms with Crippen molar-refractivity contribution in [1.29, 1.82) is 0 Å². The molecule has 1 aromatic heterocycles. The summed E-state index contributed by atoms with van der Waals surface area (Å²) in [6.07, 6.45) is -0.294. The van der Waals surface area contributed by atoms with Gasteiger partial charge in [0, 0.05) is 5.38 Å². The zero-order valence-electron chi connectivity index (χ0n) is 9.74. The van der Waals surface area contributed by atoms with Gasteiger partial charge in [-0.3, -0.25) is 14.4 Å². The first kappa shape index (κ1) is 12.2. The van der Waals surface area contributed by atoms with E-state index in [9.17, 15) is 14.4 Å². The smallest absolute Gasteiger partial charge is 0.309 e. The van der Waals surface area contributed by atoms with Crippen LogP contribution in [0.4, 0.5) is 5.13 Å². The Hall–Kier alpha value is -1.80. The van der Waals surface area contributed by atoms with Gasteiger partial charge in [0.25, 0.3) is 11.8 Å². The van der Waals surface area contributed by atoms with E-state index in [2.05, 4.69) is 4.98 Å². The highest BCUT2D eigenvalue weighted by Crippen LogP contribution is 2.33. The molecule has 0 aromatic carbocycles. The summed E-state index contributed by atoms with van der Waals surface area (Å²) in [4.78, 5) is 39.8. The quantitative estimate of drug-likeness (QED) is 0.795. The molecular formula is C11H10N2O5S. The first-order valence-electron chi connectivity index (χ1n) is 5.75. The molecule has 2 saturated heterocycles. The van der Waals surface area contributed by atoms with Crippen LogP contribution in [0.5, 0.6) is 0 Å². The number of aliphatic carboxylic acids is 1. The molecule has 2 atom stereocenters. The maximum Gasteiger partial charge on any atom is 0.309 e. The summed E-state index contributed by atoms with van der Waals surface area (Å²) in [6, 6.07) is 0. The van der Waals surface area contributed by atoms with E-state index in [1.807, 2.05) is 0 Å². The number of hydrogen-bond acceptors (Lipinski definition) is 6. The molecule has 0 radical (unpaired) electrons. The zero-order chi connectivity index (χ0) is 13.6. The van der Waals surface area contributed by atoms with Crippen LogP contribution >= 0.6 is 11.3 Å². The van der Waals surface area contributed by atoms with Gasteiger partial charge in [-0.1, -0.05) is 0 Å². The molecule has 2 aliphatic rings. The number of anilines is 1. The van der Waals surface area contributed by atoms with Gasteiger partial charge in [0.2, 0.25) is 0 Å². The van der Waals surface area contributed by atoms with Crippen LogP contribution in [0.25, 0.3) is 0 Å². The second-order valence-electron chi connectivity index (χ2n) is 4.39. The summed E-state index contributed by atoms with van der Waals surface area (Å²) in [7, 11) is 0. The maximum absolute atomic E-state index is 12.1. The molecule has 0 aliphatic carbocycles. The van der Waals surface area contributed by atoms with Crippen LogP contribution in [-0.2, 0) is 25.5 Å². The molecule has 0 spiro atoms. The van der Waals surface area contributed by atoms with Gasteiger partial charge in [0.15, 0.2) is 5.13 Å². The van der Waals surface area contributed by atoms with Crippen molar-refractivity contribution in [3.63, 3.8) is 0 Å². The number of thiazole rings is 1. The molecule has 1 N–H and O–H groups in total. The van der Waals surface area contributed by atoms with E-state index in [0.29, 0.717) is 18.5 Å². The number of amides is 2. The second-order valence-corrected chi connectivity index (χ2v) is 5.23. The Balaban J connectivity index is 1.88. The summed E-state index contributed by atoms with van der Waals surface area (Å²) >= 11 is 1.09. The molecule has 100 valence electrons. The number of carboxylic acids is 1. The fourth-order valence-corrected chi connectivity index (χ4v) is 3.05. The van der Waals surface area contributed by atoms with Gasteiger partial charge in [0.05, 0.1) is 12.1 Å². The van der Waals surface area contributed by atoms with Gasteiger partial charge in [-0.2, -0.15) is 0 Å². The third-order valence-corrected chi connectivity index (χ3v) is 3.95. The van der Waals surface area contributed by atoms with Gasteiger partial charge >= 0.3 is 5.97 Å². The van der Waals surface area contributed by atoms with Gasteiger partial charge < -0.3 is 9.84 Å². The number of imide groups is 1. The van der Waals surface area contributed by atoms with Crippen molar-refractivity contribution in [3.8, 4) is 0 Å². The van der Waals surface area contributed by atoms with E-state index in [1.54, 1.807) is 5.38 Å². The number of aromatic nitrogens is 1. The second kappa shape index (κ2) is 4.39. The Bertz CT molecular complexity index is 547. The molecule has 0 saturated carbocycles. The lowest BCUT2D eigenvalue weighted by atomic mass is 10.2. The highest BCUT2D eigenvalue weighted by atomic mass is 32.1. The molecule has 8 heteroatoms. The predicted molar refractivity (Wildman–Crippen MR) is 63.8 cm³/mol. The summed E-state index contributed by atoms with van der Waals surface area (Å²) in [6.45, 7) is 0. The number of nitrogens with zero attached hydrogens (tertiary/aromatic N) is 2. The van der Waals surface area contributed by atoms with Crippen molar-refractivity contribution in [1.82, 2.24) is 4.98 Å². The van der Waals surface area contributed by atoms with Crippen LogP contribution in [0, 0.1) is 0 Å². The van der Waals surface area contributed by atoms with Crippen LogP contribution in [-0.4, -0.2) is 40.1 Å². The summed E-state index contributed by atoms with van der Waals surface area (Å²) < 4.78 is 5.29. The van der Waals surface area contributed by atoms with Gasteiger partial charge in [0.1, 0.15) is 12.2 Å². The summed E-state index contributed by atoms with van der Waals surface area (Å²) in [5.41, 5.74) is 0.340. The lowest BCUT2D eigenvalue weighted by Gasteiger charge is -2.27. The van der Waals surface area contributed by atoms with Crippen molar-refractivity contribution in [2.24, 2.45) is 0 Å². The van der Waals surface area contributed by atoms with Crippen molar-refractivity contribution < 1.29 is 24.2 Å². The van der Waals surface area contributed by atoms with Crippen LogP contribution < -0.4 is 4.90 Å². The number of carboxylic acid groups (broad SMARTS) is 1. The third kappa shape index (κ3) is 2.02. The lowest BCUT2D eigenvalue weighted by molar-refractivity contribution is -0.147.